The molecule has 0 N–H and O–H groups in total. The number of methoxy groups -OCH3 is 1. The Morgan fingerprint density at radius 2 is 2.00 bits per heavy atom. The lowest BCUT2D eigenvalue weighted by Crippen LogP contribution is -2.35. The number of carbonyl (C=O) groups is 1. The van der Waals surface area contributed by atoms with Crippen molar-refractivity contribution < 1.29 is 14.3 Å². The van der Waals surface area contributed by atoms with Crippen LogP contribution in [0.15, 0.2) is 0 Å². The van der Waals surface area contributed by atoms with Crippen molar-refractivity contribution >= 4 is 6.16 Å². The summed E-state index contributed by atoms with van der Waals surface area (Å²) in [5.41, 5.74) is -0.703. The zero-order chi connectivity index (χ0) is 9.73. The first-order valence-corrected chi connectivity index (χ1v) is 4.47. The van der Waals surface area contributed by atoms with Gasteiger partial charge in [0, 0.05) is 0 Å². The minimum absolute atomic E-state index is 0.681. The maximum atomic E-state index is 10.9. The molecule has 0 aromatic carbocycles. The Kier molecular flexibility index (Phi) is 3.18. The summed E-state index contributed by atoms with van der Waals surface area (Å²) in [6.07, 6.45) is 9.37. The van der Waals surface area contributed by atoms with Crippen molar-refractivity contribution in [2.75, 3.05) is 7.11 Å². The van der Waals surface area contributed by atoms with Gasteiger partial charge in [-0.1, -0.05) is 12.3 Å². The highest BCUT2D eigenvalue weighted by atomic mass is 16.7. The molecule has 0 saturated heterocycles. The van der Waals surface area contributed by atoms with Gasteiger partial charge >= 0.3 is 6.16 Å². The molecular weight excluding hydrogens is 168 g/mol. The molecule has 0 bridgehead atoms. The van der Waals surface area contributed by atoms with Crippen LogP contribution in [-0.4, -0.2) is 18.9 Å². The molecule has 3 heteroatoms. The van der Waals surface area contributed by atoms with E-state index in [-0.39, 0.29) is 0 Å². The molecule has 0 atom stereocenters. The highest BCUT2D eigenvalue weighted by Crippen LogP contribution is 2.31. The fourth-order valence-corrected chi connectivity index (χ4v) is 1.60. The number of terminal acetylenes is 1. The Labute approximate surface area is 78.4 Å². The third-order valence-corrected chi connectivity index (χ3v) is 2.37. The molecule has 0 heterocycles. The molecule has 1 aliphatic carbocycles. The molecule has 0 spiro atoms. The highest BCUT2D eigenvalue weighted by Gasteiger charge is 2.34. The number of hydrogen-bond acceptors (Lipinski definition) is 3. The predicted octanol–water partition coefficient (Wildman–Crippen LogP) is 2.11. The smallest absolute Gasteiger partial charge is 0.438 e. The molecule has 13 heavy (non-hydrogen) atoms. The second kappa shape index (κ2) is 4.18. The third-order valence-electron chi connectivity index (χ3n) is 2.37. The molecule has 72 valence electrons. The summed E-state index contributed by atoms with van der Waals surface area (Å²) in [5, 5.41) is 0. The van der Waals surface area contributed by atoms with Crippen LogP contribution in [0.2, 0.25) is 0 Å². The lowest BCUT2D eigenvalue weighted by Gasteiger charge is -2.30. The van der Waals surface area contributed by atoms with E-state index in [9.17, 15) is 4.79 Å². The maximum Gasteiger partial charge on any atom is 0.509 e. The Bertz CT molecular complexity index is 221. The van der Waals surface area contributed by atoms with Crippen molar-refractivity contribution in [1.29, 1.82) is 0 Å². The quantitative estimate of drug-likeness (QED) is 0.460. The van der Waals surface area contributed by atoms with Gasteiger partial charge in [-0.25, -0.2) is 4.79 Å². The van der Waals surface area contributed by atoms with Gasteiger partial charge in [-0.2, -0.15) is 0 Å². The van der Waals surface area contributed by atoms with Gasteiger partial charge in [-0.3, -0.25) is 0 Å². The van der Waals surface area contributed by atoms with Gasteiger partial charge in [0.25, 0.3) is 0 Å². The standard InChI is InChI=1S/C10H14O3/c1-3-10(13-9(11)12-2)7-5-4-6-8-10/h1H,4-8H2,2H3. The monoisotopic (exact) mass is 182 g/mol. The summed E-state index contributed by atoms with van der Waals surface area (Å²) >= 11 is 0. The predicted molar refractivity (Wildman–Crippen MR) is 48.1 cm³/mol. The number of rotatable bonds is 1. The first-order chi connectivity index (χ1) is 6.22. The van der Waals surface area contributed by atoms with Crippen LogP contribution in [0.4, 0.5) is 4.79 Å². The lowest BCUT2D eigenvalue weighted by atomic mass is 9.85. The Hall–Kier alpha value is -1.17. The normalized spacial score (nSPS) is 20.0. The van der Waals surface area contributed by atoms with Crippen molar-refractivity contribution in [3.63, 3.8) is 0 Å². The van der Waals surface area contributed by atoms with Crippen LogP contribution < -0.4 is 0 Å². The minimum atomic E-state index is -0.703. The van der Waals surface area contributed by atoms with E-state index in [1.807, 2.05) is 0 Å². The molecule has 1 aliphatic rings. The summed E-state index contributed by atoms with van der Waals surface area (Å²) < 4.78 is 9.50. The summed E-state index contributed by atoms with van der Waals surface area (Å²) in [5.74, 6) is 2.56. The van der Waals surface area contributed by atoms with Gasteiger partial charge in [0.15, 0.2) is 5.60 Å². The Morgan fingerprint density at radius 1 is 1.38 bits per heavy atom. The maximum absolute atomic E-state index is 10.9. The topological polar surface area (TPSA) is 35.5 Å². The van der Waals surface area contributed by atoms with Crippen molar-refractivity contribution in [3.05, 3.63) is 0 Å². The SMILES string of the molecule is C#CC1(OC(=O)OC)CCCCC1. The van der Waals surface area contributed by atoms with Crippen LogP contribution in [0.3, 0.4) is 0 Å². The van der Waals surface area contributed by atoms with Crippen molar-refractivity contribution in [2.45, 2.75) is 37.7 Å². The van der Waals surface area contributed by atoms with Crippen molar-refractivity contribution in [1.82, 2.24) is 0 Å². The Morgan fingerprint density at radius 3 is 2.46 bits per heavy atom. The first kappa shape index (κ1) is 9.91. The molecule has 0 unspecified atom stereocenters. The minimum Gasteiger partial charge on any atom is -0.438 e. The van der Waals surface area contributed by atoms with E-state index in [0.29, 0.717) is 0 Å². The Balaban J connectivity index is 2.59. The molecule has 0 aromatic heterocycles. The lowest BCUT2D eigenvalue weighted by molar-refractivity contribution is -0.0134. The molecule has 0 aliphatic heterocycles. The van der Waals surface area contributed by atoms with E-state index in [1.165, 1.54) is 7.11 Å². The van der Waals surface area contributed by atoms with Crippen LogP contribution in [0.25, 0.3) is 0 Å². The molecule has 1 rings (SSSR count). The van der Waals surface area contributed by atoms with Crippen molar-refractivity contribution in [2.24, 2.45) is 0 Å². The van der Waals surface area contributed by atoms with Crippen LogP contribution in [0, 0.1) is 12.3 Å². The van der Waals surface area contributed by atoms with E-state index in [4.69, 9.17) is 11.2 Å². The van der Waals surface area contributed by atoms with Gasteiger partial charge in [0.05, 0.1) is 7.11 Å². The van der Waals surface area contributed by atoms with Crippen LogP contribution in [-0.2, 0) is 9.47 Å². The zero-order valence-electron chi connectivity index (χ0n) is 7.84. The van der Waals surface area contributed by atoms with E-state index >= 15 is 0 Å². The van der Waals surface area contributed by atoms with Crippen molar-refractivity contribution in [3.8, 4) is 12.3 Å². The van der Waals surface area contributed by atoms with E-state index < -0.39 is 11.8 Å². The highest BCUT2D eigenvalue weighted by molar-refractivity contribution is 5.61. The summed E-state index contributed by atoms with van der Waals surface area (Å²) in [6.45, 7) is 0. The first-order valence-electron chi connectivity index (χ1n) is 4.47. The van der Waals surface area contributed by atoms with E-state index in [0.717, 1.165) is 32.1 Å². The largest absolute Gasteiger partial charge is 0.509 e. The van der Waals surface area contributed by atoms with Gasteiger partial charge < -0.3 is 9.47 Å². The summed E-state index contributed by atoms with van der Waals surface area (Å²) in [4.78, 5) is 10.9. The van der Waals surface area contributed by atoms with Gasteiger partial charge in [0.1, 0.15) is 0 Å². The summed E-state index contributed by atoms with van der Waals surface area (Å²) in [6, 6.07) is 0. The van der Waals surface area contributed by atoms with Crippen LogP contribution >= 0.6 is 0 Å². The number of hydrogen-bond donors (Lipinski definition) is 0. The van der Waals surface area contributed by atoms with Gasteiger partial charge in [-0.05, 0) is 25.7 Å². The molecular formula is C10H14O3. The average molecular weight is 182 g/mol. The van der Waals surface area contributed by atoms with Gasteiger partial charge in [-0.15, -0.1) is 6.42 Å². The number of carbonyl (C=O) groups excluding carboxylic acids is 1. The molecule has 0 aromatic rings. The third kappa shape index (κ3) is 2.38. The van der Waals surface area contributed by atoms with Crippen LogP contribution in [0.5, 0.6) is 0 Å². The average Bonchev–Trinajstić information content (AvgIpc) is 2.19. The molecule has 1 fully saturated rings. The molecule has 3 nitrogen and oxygen atoms in total. The van der Waals surface area contributed by atoms with E-state index in [1.54, 1.807) is 0 Å². The second-order valence-electron chi connectivity index (χ2n) is 3.26. The van der Waals surface area contributed by atoms with E-state index in [2.05, 4.69) is 10.7 Å². The fourth-order valence-electron chi connectivity index (χ4n) is 1.60. The second-order valence-corrected chi connectivity index (χ2v) is 3.26. The zero-order valence-corrected chi connectivity index (χ0v) is 7.84. The van der Waals surface area contributed by atoms with Crippen LogP contribution in [0.1, 0.15) is 32.1 Å². The molecule has 0 radical (unpaired) electrons. The number of ether oxygens (including phenoxy) is 2. The fraction of sp³-hybridized carbons (Fsp3) is 0.700. The molecule has 1 saturated carbocycles. The summed E-state index contributed by atoms with van der Waals surface area (Å²) in [7, 11) is 1.29. The molecule has 0 amide bonds. The van der Waals surface area contributed by atoms with Gasteiger partial charge in [0.2, 0.25) is 0 Å².